The molecule has 2 aromatic carbocycles. The number of carbonyl (C=O) groups is 1. The zero-order chi connectivity index (χ0) is 23.1. The number of nitrogens with zero attached hydrogens (tertiary/aromatic N) is 2. The van der Waals surface area contributed by atoms with E-state index in [9.17, 15) is 23.3 Å². The SMILES string of the molecule is Cc1ccc(S(=O)(=O)N[C@H](CC(=O)N/N=C\c2ccc([N+](=O)[O-])o2)c2ccccc2)cc1. The van der Waals surface area contributed by atoms with Gasteiger partial charge in [0.25, 0.3) is 0 Å². The van der Waals surface area contributed by atoms with Crippen LogP contribution in [0.25, 0.3) is 0 Å². The number of benzene rings is 2. The lowest BCUT2D eigenvalue weighted by atomic mass is 10.0. The smallest absolute Gasteiger partial charge is 0.400 e. The van der Waals surface area contributed by atoms with Gasteiger partial charge in [-0.05, 0) is 30.7 Å². The van der Waals surface area contributed by atoms with Crippen LogP contribution in [0.5, 0.6) is 0 Å². The number of sulfonamides is 1. The van der Waals surface area contributed by atoms with Crippen molar-refractivity contribution in [3.63, 3.8) is 0 Å². The fourth-order valence-electron chi connectivity index (χ4n) is 2.79. The Morgan fingerprint density at radius 1 is 1.12 bits per heavy atom. The molecule has 11 heteroatoms. The summed E-state index contributed by atoms with van der Waals surface area (Å²) < 4.78 is 33.1. The Morgan fingerprint density at radius 2 is 1.81 bits per heavy atom. The molecule has 10 nitrogen and oxygen atoms in total. The summed E-state index contributed by atoms with van der Waals surface area (Å²) >= 11 is 0. The lowest BCUT2D eigenvalue weighted by molar-refractivity contribution is -0.402. The minimum Gasteiger partial charge on any atom is -0.400 e. The fourth-order valence-corrected chi connectivity index (χ4v) is 4.02. The number of hydrazone groups is 1. The number of hydrogen-bond donors (Lipinski definition) is 2. The van der Waals surface area contributed by atoms with Crippen molar-refractivity contribution in [1.29, 1.82) is 0 Å². The Balaban J connectivity index is 1.71. The van der Waals surface area contributed by atoms with Crippen molar-refractivity contribution in [2.45, 2.75) is 24.3 Å². The van der Waals surface area contributed by atoms with Crippen molar-refractivity contribution in [2.24, 2.45) is 5.10 Å². The number of nitro groups is 1. The second kappa shape index (κ2) is 9.98. The molecule has 0 spiro atoms. The van der Waals surface area contributed by atoms with Crippen molar-refractivity contribution in [3.05, 3.63) is 93.7 Å². The van der Waals surface area contributed by atoms with E-state index in [1.165, 1.54) is 18.2 Å². The molecule has 1 heterocycles. The Bertz CT molecular complexity index is 1220. The van der Waals surface area contributed by atoms with Crippen LogP contribution in [-0.4, -0.2) is 25.5 Å². The standard InChI is InChI=1S/C21H20N4O6S/c1-15-7-10-18(11-8-15)32(29,30)24-19(16-5-3-2-4-6-16)13-20(26)23-22-14-17-9-12-21(31-17)25(27)28/h2-12,14,19,24H,13H2,1H3,(H,23,26)/b22-14-/t19-/m1/s1. The van der Waals surface area contributed by atoms with Crippen LogP contribution in [0.2, 0.25) is 0 Å². The molecular weight excluding hydrogens is 436 g/mol. The van der Waals surface area contributed by atoms with E-state index in [2.05, 4.69) is 15.2 Å². The highest BCUT2D eigenvalue weighted by atomic mass is 32.2. The Labute approximate surface area is 184 Å². The molecule has 0 unspecified atom stereocenters. The van der Waals surface area contributed by atoms with Gasteiger partial charge in [-0.1, -0.05) is 48.0 Å². The van der Waals surface area contributed by atoms with E-state index < -0.39 is 32.8 Å². The Hall–Kier alpha value is -3.83. The first-order valence-corrected chi connectivity index (χ1v) is 10.9. The number of rotatable bonds is 9. The molecule has 0 radical (unpaired) electrons. The number of amides is 1. The number of hydrogen-bond acceptors (Lipinski definition) is 7. The van der Waals surface area contributed by atoms with Gasteiger partial charge in [0.1, 0.15) is 4.92 Å². The van der Waals surface area contributed by atoms with Crippen molar-refractivity contribution < 1.29 is 22.6 Å². The van der Waals surface area contributed by atoms with Crippen LogP contribution in [0.1, 0.15) is 29.3 Å². The van der Waals surface area contributed by atoms with Crippen molar-refractivity contribution in [1.82, 2.24) is 10.1 Å². The van der Waals surface area contributed by atoms with Gasteiger partial charge in [0, 0.05) is 6.42 Å². The zero-order valence-corrected chi connectivity index (χ0v) is 17.8. The molecule has 0 bridgehead atoms. The minimum atomic E-state index is -3.89. The molecule has 3 aromatic rings. The topological polar surface area (TPSA) is 144 Å². The van der Waals surface area contributed by atoms with Gasteiger partial charge in [-0.3, -0.25) is 14.9 Å². The lowest BCUT2D eigenvalue weighted by Gasteiger charge is -2.18. The van der Waals surface area contributed by atoms with E-state index >= 15 is 0 Å². The summed E-state index contributed by atoms with van der Waals surface area (Å²) in [4.78, 5) is 22.4. The quantitative estimate of drug-likeness (QED) is 0.288. The van der Waals surface area contributed by atoms with Crippen LogP contribution >= 0.6 is 0 Å². The first-order chi connectivity index (χ1) is 15.2. The molecule has 1 atom stereocenters. The lowest BCUT2D eigenvalue weighted by Crippen LogP contribution is -2.32. The largest absolute Gasteiger partial charge is 0.433 e. The maximum atomic E-state index is 12.8. The van der Waals surface area contributed by atoms with Crippen molar-refractivity contribution >= 4 is 28.0 Å². The van der Waals surface area contributed by atoms with Gasteiger partial charge >= 0.3 is 5.88 Å². The first-order valence-electron chi connectivity index (χ1n) is 9.45. The maximum Gasteiger partial charge on any atom is 0.433 e. The molecule has 0 aliphatic rings. The van der Waals surface area contributed by atoms with Gasteiger partial charge < -0.3 is 4.42 Å². The summed E-state index contributed by atoms with van der Waals surface area (Å²) in [5.41, 5.74) is 3.79. The molecule has 166 valence electrons. The van der Waals surface area contributed by atoms with Crippen LogP contribution in [0.3, 0.4) is 0 Å². The Kier molecular flexibility index (Phi) is 7.13. The summed E-state index contributed by atoms with van der Waals surface area (Å²) in [5.74, 6) is -0.938. The molecule has 0 aliphatic carbocycles. The first kappa shape index (κ1) is 22.8. The molecular formula is C21H20N4O6S. The number of aryl methyl sites for hydroxylation is 1. The molecule has 0 saturated heterocycles. The third-order valence-corrected chi connectivity index (χ3v) is 5.88. The van der Waals surface area contributed by atoms with Crippen LogP contribution in [0.15, 0.2) is 81.1 Å². The molecule has 32 heavy (non-hydrogen) atoms. The van der Waals surface area contributed by atoms with Crippen LogP contribution in [0.4, 0.5) is 5.88 Å². The van der Waals surface area contributed by atoms with Crippen LogP contribution in [0, 0.1) is 17.0 Å². The fraction of sp³-hybridized carbons (Fsp3) is 0.143. The van der Waals surface area contributed by atoms with E-state index in [1.54, 1.807) is 42.5 Å². The highest BCUT2D eigenvalue weighted by molar-refractivity contribution is 7.89. The van der Waals surface area contributed by atoms with Crippen molar-refractivity contribution in [2.75, 3.05) is 0 Å². The number of carbonyl (C=O) groups excluding carboxylic acids is 1. The van der Waals surface area contributed by atoms with E-state index in [4.69, 9.17) is 4.42 Å². The zero-order valence-electron chi connectivity index (χ0n) is 17.0. The monoisotopic (exact) mass is 456 g/mol. The summed E-state index contributed by atoms with van der Waals surface area (Å²) in [6.07, 6.45) is 0.879. The predicted molar refractivity (Wildman–Crippen MR) is 116 cm³/mol. The molecule has 0 saturated carbocycles. The third kappa shape index (κ3) is 6.09. The molecule has 0 aliphatic heterocycles. The van der Waals surface area contributed by atoms with Crippen molar-refractivity contribution in [3.8, 4) is 0 Å². The second-order valence-corrected chi connectivity index (χ2v) is 8.54. The van der Waals surface area contributed by atoms with Gasteiger partial charge in [-0.2, -0.15) is 5.10 Å². The highest BCUT2D eigenvalue weighted by Gasteiger charge is 2.23. The normalized spacial score (nSPS) is 12.5. The average Bonchev–Trinajstić information content (AvgIpc) is 3.23. The molecule has 0 fully saturated rings. The van der Waals surface area contributed by atoms with Gasteiger partial charge in [0.2, 0.25) is 15.9 Å². The predicted octanol–water partition coefficient (Wildman–Crippen LogP) is 3.06. The summed E-state index contributed by atoms with van der Waals surface area (Å²) in [7, 11) is -3.89. The van der Waals surface area contributed by atoms with Gasteiger partial charge in [-0.15, -0.1) is 0 Å². The van der Waals surface area contributed by atoms with E-state index in [1.807, 2.05) is 6.92 Å². The number of nitrogens with one attached hydrogen (secondary N) is 2. The molecule has 1 aromatic heterocycles. The Morgan fingerprint density at radius 3 is 2.44 bits per heavy atom. The van der Waals surface area contributed by atoms with E-state index in [0.717, 1.165) is 17.8 Å². The molecule has 2 N–H and O–H groups in total. The second-order valence-electron chi connectivity index (χ2n) is 6.83. The number of furan rings is 1. The average molecular weight is 456 g/mol. The van der Waals surface area contributed by atoms with E-state index in [0.29, 0.717) is 5.56 Å². The van der Waals surface area contributed by atoms with Crippen LogP contribution in [-0.2, 0) is 14.8 Å². The maximum absolute atomic E-state index is 12.8. The highest BCUT2D eigenvalue weighted by Crippen LogP contribution is 2.21. The summed E-state index contributed by atoms with van der Waals surface area (Å²) in [6, 6.07) is 16.7. The van der Waals surface area contributed by atoms with Gasteiger partial charge in [-0.25, -0.2) is 18.6 Å². The third-order valence-electron chi connectivity index (χ3n) is 4.39. The minimum absolute atomic E-state index is 0.0803. The van der Waals surface area contributed by atoms with Gasteiger partial charge in [0.15, 0.2) is 5.76 Å². The molecule has 3 rings (SSSR count). The molecule has 1 amide bonds. The van der Waals surface area contributed by atoms with E-state index in [-0.39, 0.29) is 17.1 Å². The summed E-state index contributed by atoms with van der Waals surface area (Å²) in [5, 5.41) is 14.3. The summed E-state index contributed by atoms with van der Waals surface area (Å²) in [6.45, 7) is 1.85. The van der Waals surface area contributed by atoms with Crippen LogP contribution < -0.4 is 10.1 Å². The van der Waals surface area contributed by atoms with Gasteiger partial charge in [0.05, 0.1) is 23.2 Å².